The minimum Gasteiger partial charge on any atom is -0.380 e. The Kier molecular flexibility index (Phi) is 5.43. The van der Waals surface area contributed by atoms with Crippen molar-refractivity contribution in [2.45, 2.75) is 11.2 Å². The summed E-state index contributed by atoms with van der Waals surface area (Å²) >= 11 is 3.70. The summed E-state index contributed by atoms with van der Waals surface area (Å²) in [6.45, 7) is 0. The highest BCUT2D eigenvalue weighted by Gasteiger charge is 2.58. The molecule has 0 amide bonds. The number of benzene rings is 6. The van der Waals surface area contributed by atoms with Crippen molar-refractivity contribution in [3.05, 3.63) is 166 Å². The van der Waals surface area contributed by atoms with E-state index in [1.54, 1.807) is 0 Å². The highest BCUT2D eigenvalue weighted by atomic mass is 79.9. The van der Waals surface area contributed by atoms with E-state index in [1.165, 1.54) is 0 Å². The fourth-order valence-corrected chi connectivity index (χ4v) is 7.64. The first-order valence-corrected chi connectivity index (χ1v) is 14.8. The lowest BCUT2D eigenvalue weighted by Crippen LogP contribution is -2.54. The first kappa shape index (κ1) is 24.8. The monoisotopic (exact) mass is 594 g/mol. The van der Waals surface area contributed by atoms with Crippen molar-refractivity contribution in [3.8, 4) is 0 Å². The topological polar surface area (TPSA) is 40.5 Å². The molecule has 2 aliphatic carbocycles. The second-order valence-corrected chi connectivity index (χ2v) is 12.3. The second kappa shape index (κ2) is 8.99. The van der Waals surface area contributed by atoms with Crippen molar-refractivity contribution in [1.29, 1.82) is 0 Å². The summed E-state index contributed by atoms with van der Waals surface area (Å²) in [5.74, 6) is -0.858. The summed E-state index contributed by atoms with van der Waals surface area (Å²) in [7, 11) is 0. The molecule has 6 aromatic carbocycles. The number of aliphatic hydroxyl groups is 2. The van der Waals surface area contributed by atoms with Crippen molar-refractivity contribution in [2.24, 2.45) is 11.8 Å². The fourth-order valence-electron chi connectivity index (χ4n) is 7.20. The van der Waals surface area contributed by atoms with Crippen LogP contribution in [-0.2, 0) is 11.2 Å². The quantitative estimate of drug-likeness (QED) is 0.210. The van der Waals surface area contributed by atoms with Crippen molar-refractivity contribution in [1.82, 2.24) is 0 Å². The van der Waals surface area contributed by atoms with Gasteiger partial charge in [-0.25, -0.2) is 0 Å². The van der Waals surface area contributed by atoms with Crippen LogP contribution in [0.25, 0.3) is 32.3 Å². The molecular weight excluding hydrogens is 568 g/mol. The molecule has 6 aromatic rings. The summed E-state index contributed by atoms with van der Waals surface area (Å²) in [5, 5.41) is 32.8. The van der Waals surface area contributed by atoms with E-state index >= 15 is 0 Å². The Bertz CT molecular complexity index is 2070. The van der Waals surface area contributed by atoms with Gasteiger partial charge in [-0.15, -0.1) is 0 Å². The van der Waals surface area contributed by atoms with Gasteiger partial charge in [0.05, 0.1) is 0 Å². The van der Waals surface area contributed by atoms with Gasteiger partial charge < -0.3 is 10.2 Å². The van der Waals surface area contributed by atoms with E-state index in [0.29, 0.717) is 0 Å². The average molecular weight is 596 g/mol. The molecule has 4 unspecified atom stereocenters. The van der Waals surface area contributed by atoms with E-state index in [2.05, 4.69) is 101 Å². The van der Waals surface area contributed by atoms with Crippen LogP contribution < -0.4 is 0 Å². The zero-order chi connectivity index (χ0) is 27.8. The number of allylic oxidation sites excluding steroid dienone is 2. The van der Waals surface area contributed by atoms with Crippen LogP contribution in [0.4, 0.5) is 0 Å². The first-order chi connectivity index (χ1) is 20.0. The van der Waals surface area contributed by atoms with Gasteiger partial charge in [0, 0.05) is 16.3 Å². The zero-order valence-electron chi connectivity index (χ0n) is 22.2. The molecule has 2 N–H and O–H groups in total. The van der Waals surface area contributed by atoms with Gasteiger partial charge >= 0.3 is 0 Å². The lowest BCUT2D eigenvalue weighted by Gasteiger charge is -2.53. The maximum absolute atomic E-state index is 13.2. The van der Waals surface area contributed by atoms with Gasteiger partial charge in [-0.05, 0) is 78.8 Å². The highest BCUT2D eigenvalue weighted by molar-refractivity contribution is 9.11. The number of fused-ring (bicyclic) bond motifs is 5. The lowest BCUT2D eigenvalue weighted by molar-refractivity contribution is -0.0714. The molecule has 0 fully saturated rings. The van der Waals surface area contributed by atoms with Crippen LogP contribution in [0.5, 0.6) is 0 Å². The Morgan fingerprint density at radius 2 is 0.902 bits per heavy atom. The molecule has 0 bridgehead atoms. The standard InChI is InChI=1S/C38H27BrO2/c39-32-17-18-33-36(23-32)38(41,31-16-14-25-8-2-4-10-27(25)20-31)35-22-29-12-6-5-11-28(29)21-34(35)37(33,40)30-15-13-24-7-1-3-9-26(24)19-30/h1-23,33,36,40-41H. The Labute approximate surface area is 247 Å². The molecule has 2 aliphatic rings. The van der Waals surface area contributed by atoms with Crippen molar-refractivity contribution in [3.63, 3.8) is 0 Å². The smallest absolute Gasteiger partial charge is 0.122 e. The molecule has 198 valence electrons. The van der Waals surface area contributed by atoms with Crippen LogP contribution >= 0.6 is 15.9 Å². The maximum Gasteiger partial charge on any atom is 0.122 e. The molecule has 0 saturated carbocycles. The molecule has 0 aliphatic heterocycles. The van der Waals surface area contributed by atoms with Gasteiger partial charge in [-0.2, -0.15) is 0 Å². The molecule has 0 spiro atoms. The van der Waals surface area contributed by atoms with E-state index < -0.39 is 23.0 Å². The van der Waals surface area contributed by atoms with E-state index in [4.69, 9.17) is 0 Å². The minimum atomic E-state index is -1.39. The average Bonchev–Trinajstić information content (AvgIpc) is 3.02. The van der Waals surface area contributed by atoms with Gasteiger partial charge in [0.15, 0.2) is 0 Å². The predicted molar refractivity (Wildman–Crippen MR) is 171 cm³/mol. The van der Waals surface area contributed by atoms with E-state index in [9.17, 15) is 10.2 Å². The minimum absolute atomic E-state index is 0.421. The van der Waals surface area contributed by atoms with Crippen LogP contribution in [0.3, 0.4) is 0 Å². The van der Waals surface area contributed by atoms with Gasteiger partial charge in [0.25, 0.3) is 0 Å². The lowest BCUT2D eigenvalue weighted by atomic mass is 9.54. The van der Waals surface area contributed by atoms with Crippen molar-refractivity contribution < 1.29 is 10.2 Å². The first-order valence-electron chi connectivity index (χ1n) is 14.0. The molecule has 8 rings (SSSR count). The number of hydrogen-bond donors (Lipinski definition) is 2. The van der Waals surface area contributed by atoms with E-state index in [-0.39, 0.29) is 0 Å². The number of halogens is 1. The molecule has 41 heavy (non-hydrogen) atoms. The Morgan fingerprint density at radius 3 is 1.39 bits per heavy atom. The summed E-state index contributed by atoms with van der Waals surface area (Å²) in [5.41, 5.74) is 0.336. The third-order valence-corrected chi connectivity index (χ3v) is 9.77. The largest absolute Gasteiger partial charge is 0.380 e. The fraction of sp³-hybridized carbons (Fsp3) is 0.105. The van der Waals surface area contributed by atoms with Crippen LogP contribution in [0, 0.1) is 11.8 Å². The molecule has 3 heteroatoms. The van der Waals surface area contributed by atoms with Gasteiger partial charge in [-0.1, -0.05) is 131 Å². The molecule has 0 radical (unpaired) electrons. The molecule has 0 heterocycles. The van der Waals surface area contributed by atoms with Crippen LogP contribution in [0.1, 0.15) is 22.3 Å². The van der Waals surface area contributed by atoms with Gasteiger partial charge in [0.1, 0.15) is 11.2 Å². The van der Waals surface area contributed by atoms with Crippen molar-refractivity contribution in [2.75, 3.05) is 0 Å². The van der Waals surface area contributed by atoms with Crippen LogP contribution in [0.15, 0.2) is 144 Å². The molecule has 4 atom stereocenters. The normalized spacial score (nSPS) is 25.2. The van der Waals surface area contributed by atoms with Crippen LogP contribution in [0.2, 0.25) is 0 Å². The Hall–Kier alpha value is -4.02. The maximum atomic E-state index is 13.2. The second-order valence-electron chi connectivity index (χ2n) is 11.4. The number of rotatable bonds is 2. The summed E-state index contributed by atoms with van der Waals surface area (Å²) < 4.78 is 0.892. The van der Waals surface area contributed by atoms with Gasteiger partial charge in [-0.3, -0.25) is 0 Å². The Morgan fingerprint density at radius 1 is 0.488 bits per heavy atom. The third-order valence-electron chi connectivity index (χ3n) is 9.24. The van der Waals surface area contributed by atoms with Gasteiger partial charge in [0.2, 0.25) is 0 Å². The molecule has 0 aromatic heterocycles. The summed E-state index contributed by atoms with van der Waals surface area (Å²) in [6.07, 6.45) is 6.14. The number of hydrogen-bond acceptors (Lipinski definition) is 2. The molecular formula is C38H27BrO2. The highest BCUT2D eigenvalue weighted by Crippen LogP contribution is 2.59. The third kappa shape index (κ3) is 3.56. The molecule has 0 saturated heterocycles. The van der Waals surface area contributed by atoms with E-state index in [1.807, 2.05) is 54.6 Å². The zero-order valence-corrected chi connectivity index (χ0v) is 23.8. The predicted octanol–water partition coefficient (Wildman–Crippen LogP) is 8.71. The summed E-state index contributed by atoms with van der Waals surface area (Å²) in [6, 6.07) is 41.3. The summed E-state index contributed by atoms with van der Waals surface area (Å²) in [4.78, 5) is 0. The Balaban J connectivity index is 1.48. The van der Waals surface area contributed by atoms with Crippen LogP contribution in [-0.4, -0.2) is 10.2 Å². The van der Waals surface area contributed by atoms with Crippen molar-refractivity contribution >= 4 is 48.2 Å². The van der Waals surface area contributed by atoms with E-state index in [0.717, 1.165) is 59.1 Å². The SMILES string of the molecule is OC1(c2ccc3ccccc3c2)c2cc3ccccc3cc2C(O)(c2ccc3ccccc3c2)C2C=C(Br)C=CC21. The molecule has 2 nitrogen and oxygen atoms in total.